The Morgan fingerprint density at radius 2 is 0.871 bits per heavy atom. The van der Waals surface area contributed by atoms with Crippen LogP contribution in [0, 0.1) is 0 Å². The molecule has 0 saturated carbocycles. The molecule has 0 N–H and O–H groups in total. The molecule has 0 aromatic rings. The Hall–Kier alpha value is -3.75. The summed E-state index contributed by atoms with van der Waals surface area (Å²) < 4.78 is 17.1. The van der Waals surface area contributed by atoms with E-state index in [1.54, 1.807) is 21.1 Å². The first kappa shape index (κ1) is 58.2. The van der Waals surface area contributed by atoms with E-state index in [0.717, 1.165) is 83.5 Å². The number of allylic oxidation sites excluding steroid dienone is 16. The number of carbonyl (C=O) groups excluding carboxylic acids is 3. The molecule has 8 nitrogen and oxygen atoms in total. The molecule has 0 aliphatic rings. The lowest BCUT2D eigenvalue weighted by Gasteiger charge is -2.34. The van der Waals surface area contributed by atoms with Crippen LogP contribution in [0.3, 0.4) is 0 Å². The SMILES string of the molecule is CCCCC/C=C/C/C=C/C/C=C/C/C=C/CCCCCCCC(=O)OC(COCCC(C(=O)[O-])[N+](C)(C)C)COC(=O)CCC/C=C/C/C=C/C/C=C/C/C=C/CCCCC. The zero-order valence-electron chi connectivity index (χ0n) is 40.0. The predicted molar refractivity (Wildman–Crippen MR) is 258 cm³/mol. The van der Waals surface area contributed by atoms with Crippen LogP contribution in [0.2, 0.25) is 0 Å². The van der Waals surface area contributed by atoms with Gasteiger partial charge in [0.1, 0.15) is 12.6 Å². The number of nitrogens with zero attached hydrogens (tertiary/aromatic N) is 1. The number of carbonyl (C=O) groups is 3. The van der Waals surface area contributed by atoms with E-state index in [1.807, 2.05) is 0 Å². The summed E-state index contributed by atoms with van der Waals surface area (Å²) >= 11 is 0. The minimum absolute atomic E-state index is 0.00956. The second kappa shape index (κ2) is 43.9. The Balaban J connectivity index is 4.44. The number of aliphatic carboxylic acids is 1. The van der Waals surface area contributed by atoms with E-state index in [1.165, 1.54) is 51.4 Å². The summed E-state index contributed by atoms with van der Waals surface area (Å²) in [6.07, 6.45) is 58.6. The fourth-order valence-corrected chi connectivity index (χ4v) is 6.40. The van der Waals surface area contributed by atoms with Gasteiger partial charge in [-0.15, -0.1) is 0 Å². The monoisotopic (exact) mass is 864 g/mol. The van der Waals surface area contributed by atoms with Gasteiger partial charge >= 0.3 is 11.9 Å². The molecule has 0 bridgehead atoms. The number of unbranched alkanes of at least 4 members (excludes halogenated alkanes) is 12. The van der Waals surface area contributed by atoms with Gasteiger partial charge in [0.25, 0.3) is 0 Å². The van der Waals surface area contributed by atoms with E-state index in [-0.39, 0.29) is 55.5 Å². The molecule has 2 unspecified atom stereocenters. The molecule has 0 heterocycles. The number of quaternary nitrogens is 1. The molecule has 62 heavy (non-hydrogen) atoms. The Morgan fingerprint density at radius 1 is 0.484 bits per heavy atom. The van der Waals surface area contributed by atoms with Gasteiger partial charge in [0.2, 0.25) is 0 Å². The number of hydrogen-bond acceptors (Lipinski definition) is 7. The molecule has 0 aliphatic carbocycles. The van der Waals surface area contributed by atoms with Gasteiger partial charge in [0.15, 0.2) is 6.10 Å². The quantitative estimate of drug-likeness (QED) is 0.0261. The lowest BCUT2D eigenvalue weighted by atomic mass is 10.1. The van der Waals surface area contributed by atoms with Crippen LogP contribution in [-0.4, -0.2) is 75.5 Å². The molecular weight excluding hydrogens is 775 g/mol. The van der Waals surface area contributed by atoms with Crippen molar-refractivity contribution in [2.45, 2.75) is 187 Å². The number of hydrogen-bond donors (Lipinski definition) is 0. The maximum Gasteiger partial charge on any atom is 0.306 e. The molecule has 0 aromatic heterocycles. The van der Waals surface area contributed by atoms with Crippen LogP contribution in [0.5, 0.6) is 0 Å². The van der Waals surface area contributed by atoms with Gasteiger partial charge in [-0.3, -0.25) is 9.59 Å². The fourth-order valence-electron chi connectivity index (χ4n) is 6.40. The lowest BCUT2D eigenvalue weighted by molar-refractivity contribution is -0.889. The highest BCUT2D eigenvalue weighted by atomic mass is 16.6. The molecule has 0 aliphatic heterocycles. The molecule has 0 amide bonds. The van der Waals surface area contributed by atoms with Gasteiger partial charge < -0.3 is 28.6 Å². The highest BCUT2D eigenvalue weighted by Crippen LogP contribution is 2.12. The third-order valence-electron chi connectivity index (χ3n) is 10.2. The summed E-state index contributed by atoms with van der Waals surface area (Å²) in [5.74, 6) is -1.84. The molecule has 8 heteroatoms. The topological polar surface area (TPSA) is 102 Å². The minimum Gasteiger partial charge on any atom is -0.544 e. The number of carboxylic acids is 1. The Morgan fingerprint density at radius 3 is 1.31 bits per heavy atom. The summed E-state index contributed by atoms with van der Waals surface area (Å²) in [5.41, 5.74) is 0. The van der Waals surface area contributed by atoms with Crippen LogP contribution < -0.4 is 5.11 Å². The van der Waals surface area contributed by atoms with E-state index < -0.39 is 18.1 Å². The van der Waals surface area contributed by atoms with E-state index in [4.69, 9.17) is 14.2 Å². The van der Waals surface area contributed by atoms with Crippen molar-refractivity contribution >= 4 is 17.9 Å². The van der Waals surface area contributed by atoms with Gasteiger partial charge in [-0.05, 0) is 96.3 Å². The number of likely N-dealkylation sites (N-methyl/N-ethyl adjacent to an activating group) is 1. The first-order chi connectivity index (χ1) is 30.1. The number of carboxylic acid groups (broad SMARTS) is 1. The largest absolute Gasteiger partial charge is 0.544 e. The van der Waals surface area contributed by atoms with Gasteiger partial charge in [0, 0.05) is 19.3 Å². The summed E-state index contributed by atoms with van der Waals surface area (Å²) in [4.78, 5) is 36.9. The summed E-state index contributed by atoms with van der Waals surface area (Å²) in [6.45, 7) is 4.51. The van der Waals surface area contributed by atoms with Crippen molar-refractivity contribution < 1.29 is 38.2 Å². The van der Waals surface area contributed by atoms with Crippen molar-refractivity contribution in [2.24, 2.45) is 0 Å². The molecule has 0 rings (SSSR count). The third kappa shape index (κ3) is 41.6. The van der Waals surface area contributed by atoms with Gasteiger partial charge in [-0.25, -0.2) is 0 Å². The summed E-state index contributed by atoms with van der Waals surface area (Å²) in [6, 6.07) is -0.744. The van der Waals surface area contributed by atoms with Crippen LogP contribution in [0.25, 0.3) is 0 Å². The second-order valence-corrected chi connectivity index (χ2v) is 17.0. The highest BCUT2D eigenvalue weighted by molar-refractivity contribution is 5.70. The average Bonchev–Trinajstić information content (AvgIpc) is 3.23. The van der Waals surface area contributed by atoms with Crippen molar-refractivity contribution in [3.63, 3.8) is 0 Å². The average molecular weight is 864 g/mol. The molecule has 2 atom stereocenters. The first-order valence-electron chi connectivity index (χ1n) is 24.3. The number of esters is 2. The van der Waals surface area contributed by atoms with Crippen LogP contribution in [-0.2, 0) is 28.6 Å². The molecular formula is C54H89NO7. The molecule has 0 fully saturated rings. The second-order valence-electron chi connectivity index (χ2n) is 17.0. The van der Waals surface area contributed by atoms with E-state index >= 15 is 0 Å². The normalized spacial score (nSPS) is 13.8. The van der Waals surface area contributed by atoms with Gasteiger partial charge in [0.05, 0.1) is 40.3 Å². The van der Waals surface area contributed by atoms with Crippen LogP contribution in [0.15, 0.2) is 97.2 Å². The van der Waals surface area contributed by atoms with E-state index in [9.17, 15) is 19.5 Å². The van der Waals surface area contributed by atoms with Crippen LogP contribution in [0.1, 0.15) is 174 Å². The van der Waals surface area contributed by atoms with E-state index in [0.29, 0.717) is 6.42 Å². The molecule has 0 aromatic carbocycles. The first-order valence-corrected chi connectivity index (χ1v) is 24.3. The maximum atomic E-state index is 12.8. The summed E-state index contributed by atoms with van der Waals surface area (Å²) in [5, 5.41) is 11.6. The summed E-state index contributed by atoms with van der Waals surface area (Å²) in [7, 11) is 5.38. The lowest BCUT2D eigenvalue weighted by Crippen LogP contribution is -2.55. The van der Waals surface area contributed by atoms with E-state index in [2.05, 4.69) is 111 Å². The smallest absolute Gasteiger partial charge is 0.306 e. The van der Waals surface area contributed by atoms with Crippen LogP contribution >= 0.6 is 0 Å². The third-order valence-corrected chi connectivity index (χ3v) is 10.2. The maximum absolute atomic E-state index is 12.8. The van der Waals surface area contributed by atoms with Gasteiger partial charge in [-0.1, -0.05) is 156 Å². The zero-order chi connectivity index (χ0) is 45.6. The minimum atomic E-state index is -1.14. The Kier molecular flexibility index (Phi) is 41.2. The van der Waals surface area contributed by atoms with Crippen molar-refractivity contribution in [3.05, 3.63) is 97.2 Å². The Bertz CT molecular complexity index is 1330. The van der Waals surface area contributed by atoms with Crippen molar-refractivity contribution in [1.82, 2.24) is 0 Å². The number of rotatable bonds is 42. The standard InChI is InChI=1S/C54H89NO7/c1-6-8-10-12-14-16-18-20-22-24-25-26-27-29-31-33-35-37-39-41-43-45-53(57)62-50(48-60-47-46-51(54(58)59)55(3,4)5)49-61-52(56)44-42-40-38-36-34-32-30-28-23-21-19-17-15-13-11-9-7-2/h14-17,20-23,25-26,29-32,36,38,50-51H,6-13,18-19,24,27-28,33-35,37,39-49H2,1-5H3/b16-14+,17-15+,22-20+,23-21+,26-25+,31-29+,32-30+,38-36+. The predicted octanol–water partition coefficient (Wildman–Crippen LogP) is 12.5. The molecule has 0 radical (unpaired) electrons. The molecule has 352 valence electrons. The fraction of sp³-hybridized carbons (Fsp3) is 0.648. The number of ether oxygens (including phenoxy) is 3. The zero-order valence-corrected chi connectivity index (χ0v) is 40.0. The van der Waals surface area contributed by atoms with Gasteiger partial charge in [-0.2, -0.15) is 0 Å². The molecule has 0 saturated heterocycles. The van der Waals surface area contributed by atoms with Crippen molar-refractivity contribution in [3.8, 4) is 0 Å². The van der Waals surface area contributed by atoms with Crippen molar-refractivity contribution in [2.75, 3.05) is 41.0 Å². The Labute approximate surface area is 379 Å². The molecule has 0 spiro atoms. The van der Waals surface area contributed by atoms with Crippen LogP contribution in [0.4, 0.5) is 0 Å². The highest BCUT2D eigenvalue weighted by Gasteiger charge is 2.25. The van der Waals surface area contributed by atoms with Crippen molar-refractivity contribution in [1.29, 1.82) is 0 Å².